The van der Waals surface area contributed by atoms with E-state index in [1.807, 2.05) is 0 Å². The lowest BCUT2D eigenvalue weighted by Crippen LogP contribution is -2.35. The van der Waals surface area contributed by atoms with E-state index >= 15 is 0 Å². The molecule has 0 bridgehead atoms. The Labute approximate surface area is 198 Å². The number of aromatic nitrogens is 2. The molecule has 0 unspecified atom stereocenters. The Morgan fingerprint density at radius 2 is 1.82 bits per heavy atom. The SMILES string of the molecule is CC(C)(C(=O)Nc1c(F)cc(-c2cncc(Cl)c2)cc1F)c1csc(NS(=O)(=O)C2CC2)n1. The molecule has 3 aromatic rings. The molecule has 0 saturated heterocycles. The Morgan fingerprint density at radius 3 is 2.42 bits per heavy atom. The van der Waals surface area contributed by atoms with Crippen LogP contribution in [0.15, 0.2) is 36.0 Å². The van der Waals surface area contributed by atoms with Gasteiger partial charge in [0.2, 0.25) is 15.9 Å². The Morgan fingerprint density at radius 1 is 1.15 bits per heavy atom. The van der Waals surface area contributed by atoms with Crippen LogP contribution in [-0.2, 0) is 20.2 Å². The summed E-state index contributed by atoms with van der Waals surface area (Å²) < 4.78 is 56.1. The lowest BCUT2D eigenvalue weighted by atomic mass is 9.89. The number of amides is 1. The molecule has 12 heteroatoms. The number of carbonyl (C=O) groups excluding carboxylic acids is 1. The van der Waals surface area contributed by atoms with Crippen LogP contribution in [0, 0.1) is 11.6 Å². The zero-order chi connectivity index (χ0) is 24.0. The summed E-state index contributed by atoms with van der Waals surface area (Å²) >= 11 is 6.92. The van der Waals surface area contributed by atoms with Crippen molar-refractivity contribution in [1.29, 1.82) is 0 Å². The molecule has 7 nitrogen and oxygen atoms in total. The van der Waals surface area contributed by atoms with Crippen LogP contribution in [0.1, 0.15) is 32.4 Å². The summed E-state index contributed by atoms with van der Waals surface area (Å²) in [6.07, 6.45) is 4.02. The number of halogens is 3. The number of carbonyl (C=O) groups is 1. The van der Waals surface area contributed by atoms with E-state index in [4.69, 9.17) is 11.6 Å². The third kappa shape index (κ3) is 4.99. The molecule has 2 N–H and O–H groups in total. The maximum atomic E-state index is 14.7. The minimum Gasteiger partial charge on any atom is -0.320 e. The summed E-state index contributed by atoms with van der Waals surface area (Å²) in [6, 6.07) is 3.67. The number of pyridine rings is 1. The van der Waals surface area contributed by atoms with Gasteiger partial charge in [-0.2, -0.15) is 0 Å². The van der Waals surface area contributed by atoms with E-state index < -0.39 is 43.9 Å². The average molecular weight is 513 g/mol. The molecule has 2 heterocycles. The first-order valence-electron chi connectivity index (χ1n) is 9.86. The Kier molecular flexibility index (Phi) is 6.14. The van der Waals surface area contributed by atoms with E-state index in [1.54, 1.807) is 0 Å². The van der Waals surface area contributed by atoms with Gasteiger partial charge < -0.3 is 5.32 Å². The van der Waals surface area contributed by atoms with Crippen molar-refractivity contribution in [3.05, 3.63) is 58.3 Å². The summed E-state index contributed by atoms with van der Waals surface area (Å²) in [7, 11) is -3.50. The van der Waals surface area contributed by atoms with E-state index in [2.05, 4.69) is 20.0 Å². The van der Waals surface area contributed by atoms with Gasteiger partial charge in [-0.15, -0.1) is 11.3 Å². The van der Waals surface area contributed by atoms with Gasteiger partial charge >= 0.3 is 0 Å². The number of thiazole rings is 1. The molecule has 1 aromatic carbocycles. The van der Waals surface area contributed by atoms with Crippen molar-refractivity contribution < 1.29 is 22.0 Å². The van der Waals surface area contributed by atoms with Gasteiger partial charge in [0.25, 0.3) is 0 Å². The zero-order valence-corrected chi connectivity index (χ0v) is 19.9. The van der Waals surface area contributed by atoms with Crippen LogP contribution in [0.5, 0.6) is 0 Å². The molecular formula is C21H19ClF2N4O3S2. The molecule has 0 radical (unpaired) electrons. The molecule has 1 fully saturated rings. The van der Waals surface area contributed by atoms with Crippen molar-refractivity contribution in [2.45, 2.75) is 37.4 Å². The molecule has 1 saturated carbocycles. The molecule has 2 aromatic heterocycles. The molecule has 1 aliphatic rings. The highest BCUT2D eigenvalue weighted by molar-refractivity contribution is 7.93. The van der Waals surface area contributed by atoms with Crippen LogP contribution in [0.25, 0.3) is 11.1 Å². The molecule has 0 spiro atoms. The minimum absolute atomic E-state index is 0.134. The fourth-order valence-corrected chi connectivity index (χ4v) is 5.65. The van der Waals surface area contributed by atoms with Crippen molar-refractivity contribution in [2.75, 3.05) is 10.0 Å². The van der Waals surface area contributed by atoms with Gasteiger partial charge in [-0.3, -0.25) is 14.5 Å². The molecule has 0 aliphatic heterocycles. The predicted octanol–water partition coefficient (Wildman–Crippen LogP) is 4.96. The Bertz CT molecular complexity index is 1320. The second-order valence-corrected chi connectivity index (χ2v) is 11.4. The van der Waals surface area contributed by atoms with E-state index in [9.17, 15) is 22.0 Å². The first kappa shape index (κ1) is 23.5. The van der Waals surface area contributed by atoms with Gasteiger partial charge in [0.15, 0.2) is 5.13 Å². The van der Waals surface area contributed by atoms with Crippen LogP contribution >= 0.6 is 22.9 Å². The van der Waals surface area contributed by atoms with Gasteiger partial charge in [-0.05, 0) is 50.5 Å². The van der Waals surface area contributed by atoms with Crippen molar-refractivity contribution >= 4 is 49.7 Å². The maximum absolute atomic E-state index is 14.7. The van der Waals surface area contributed by atoms with Gasteiger partial charge in [0, 0.05) is 23.3 Å². The smallest absolute Gasteiger partial charge is 0.237 e. The molecular weight excluding hydrogens is 494 g/mol. The van der Waals surface area contributed by atoms with Crippen molar-refractivity contribution in [1.82, 2.24) is 9.97 Å². The second kappa shape index (κ2) is 8.62. The largest absolute Gasteiger partial charge is 0.320 e. The third-order valence-corrected chi connectivity index (χ3v) is 8.14. The summed E-state index contributed by atoms with van der Waals surface area (Å²) in [5.41, 5.74) is -1.00. The number of hydrogen-bond acceptors (Lipinski definition) is 6. The molecule has 1 aliphatic carbocycles. The summed E-state index contributed by atoms with van der Waals surface area (Å²) in [6.45, 7) is 3.05. The minimum atomic E-state index is -3.50. The number of nitrogens with one attached hydrogen (secondary N) is 2. The fraction of sp³-hybridized carbons (Fsp3) is 0.286. The number of anilines is 2. The number of sulfonamides is 1. The van der Waals surface area contributed by atoms with Gasteiger partial charge in [-0.25, -0.2) is 22.2 Å². The summed E-state index contributed by atoms with van der Waals surface area (Å²) in [4.78, 5) is 21.0. The number of nitrogens with zero attached hydrogens (tertiary/aromatic N) is 2. The fourth-order valence-electron chi connectivity index (χ4n) is 3.01. The first-order chi connectivity index (χ1) is 15.5. The lowest BCUT2D eigenvalue weighted by molar-refractivity contribution is -0.120. The summed E-state index contributed by atoms with van der Waals surface area (Å²) in [5.74, 6) is -2.64. The summed E-state index contributed by atoms with van der Waals surface area (Å²) in [5, 5.41) is 3.85. The van der Waals surface area contributed by atoms with E-state index in [0.29, 0.717) is 23.4 Å². The number of rotatable bonds is 7. The van der Waals surface area contributed by atoms with Crippen LogP contribution in [0.2, 0.25) is 5.02 Å². The normalized spacial score (nSPS) is 14.2. The highest BCUT2D eigenvalue weighted by atomic mass is 35.5. The molecule has 0 atom stereocenters. The van der Waals surface area contributed by atoms with E-state index in [1.165, 1.54) is 37.7 Å². The van der Waals surface area contributed by atoms with E-state index in [-0.39, 0.29) is 16.4 Å². The average Bonchev–Trinajstić information content (AvgIpc) is 3.51. The molecule has 1 amide bonds. The first-order valence-corrected chi connectivity index (χ1v) is 12.7. The highest BCUT2D eigenvalue weighted by Gasteiger charge is 2.37. The molecule has 33 heavy (non-hydrogen) atoms. The number of benzene rings is 1. The van der Waals surface area contributed by atoms with Crippen LogP contribution in [-0.4, -0.2) is 29.5 Å². The quantitative estimate of drug-likeness (QED) is 0.466. The highest BCUT2D eigenvalue weighted by Crippen LogP contribution is 2.34. The Balaban J connectivity index is 1.54. The second-order valence-electron chi connectivity index (χ2n) is 8.17. The molecule has 174 valence electrons. The zero-order valence-electron chi connectivity index (χ0n) is 17.5. The monoisotopic (exact) mass is 512 g/mol. The maximum Gasteiger partial charge on any atom is 0.237 e. The predicted molar refractivity (Wildman–Crippen MR) is 124 cm³/mol. The number of hydrogen-bond donors (Lipinski definition) is 2. The molecule has 4 rings (SSSR count). The topological polar surface area (TPSA) is 101 Å². The van der Waals surface area contributed by atoms with Crippen LogP contribution in [0.4, 0.5) is 19.6 Å². The van der Waals surface area contributed by atoms with Crippen LogP contribution < -0.4 is 10.0 Å². The van der Waals surface area contributed by atoms with Gasteiger partial charge in [0.05, 0.1) is 21.4 Å². The third-order valence-electron chi connectivity index (χ3n) is 5.22. The lowest BCUT2D eigenvalue weighted by Gasteiger charge is -2.22. The standard InChI is InChI=1S/C21H19ClF2N4O3S2/c1-21(2,17-10-32-20(26-17)28-33(30,31)14-3-4-14)19(29)27-18-15(23)6-11(7-16(18)24)12-5-13(22)9-25-8-12/h5-10,14H,3-4H2,1-2H3,(H,26,28)(H,27,29). The van der Waals surface area contributed by atoms with Crippen molar-refractivity contribution in [3.63, 3.8) is 0 Å². The van der Waals surface area contributed by atoms with Crippen LogP contribution in [0.3, 0.4) is 0 Å². The van der Waals surface area contributed by atoms with Crippen molar-refractivity contribution in [3.8, 4) is 11.1 Å². The van der Waals surface area contributed by atoms with E-state index in [0.717, 1.165) is 23.5 Å². The Hall–Kier alpha value is -2.63. The van der Waals surface area contributed by atoms with Gasteiger partial charge in [-0.1, -0.05) is 11.6 Å². The van der Waals surface area contributed by atoms with Gasteiger partial charge in [0.1, 0.15) is 17.3 Å². The van der Waals surface area contributed by atoms with Crippen molar-refractivity contribution in [2.24, 2.45) is 0 Å².